The molecule has 2 unspecified atom stereocenters. The molecule has 7 nitrogen and oxygen atoms in total. The van der Waals surface area contributed by atoms with E-state index in [1.165, 1.54) is 10.9 Å². The van der Waals surface area contributed by atoms with Crippen LogP contribution in [-0.2, 0) is 18.6 Å². The number of aromatic nitrogens is 3. The molecular weight excluding hydrogens is 575 g/mol. The van der Waals surface area contributed by atoms with Gasteiger partial charge in [0.1, 0.15) is 49.3 Å². The second-order valence-corrected chi connectivity index (χ2v) is 9.91. The molecule has 0 saturated heterocycles. The first kappa shape index (κ1) is 26.7. The Morgan fingerprint density at radius 3 is 2.35 bits per heavy atom. The van der Waals surface area contributed by atoms with Crippen molar-refractivity contribution in [2.75, 3.05) is 19.1 Å². The van der Waals surface area contributed by atoms with Gasteiger partial charge in [-0.2, -0.15) is 0 Å². The molecule has 3 aromatic rings. The minimum absolute atomic E-state index is 0.0750. The molecule has 0 radical (unpaired) electrons. The summed E-state index contributed by atoms with van der Waals surface area (Å²) in [6.07, 6.45) is -0.0470. The lowest BCUT2D eigenvalue weighted by Crippen LogP contribution is -2.24. The van der Waals surface area contributed by atoms with Crippen LogP contribution in [-0.4, -0.2) is 56.5 Å². The molecule has 2 atom stereocenters. The molecular formula is C24H28ClFIN3O4. The lowest BCUT2D eigenvalue weighted by Gasteiger charge is -2.27. The van der Waals surface area contributed by atoms with E-state index in [-0.39, 0.29) is 36.7 Å². The Bertz CT molecular complexity index is 1060. The summed E-state index contributed by atoms with van der Waals surface area (Å²) in [7, 11) is 0. The molecule has 184 valence electrons. The van der Waals surface area contributed by atoms with Gasteiger partial charge in [0.15, 0.2) is 0 Å². The van der Waals surface area contributed by atoms with Crippen LogP contribution in [0.3, 0.4) is 0 Å². The molecule has 1 aromatic heterocycles. The Morgan fingerprint density at radius 1 is 1.06 bits per heavy atom. The predicted molar refractivity (Wildman–Crippen MR) is 136 cm³/mol. The smallest absolute Gasteiger partial charge is 0.135 e. The molecule has 3 rings (SSSR count). The molecule has 0 bridgehead atoms. The number of ether oxygens (including phenoxy) is 2. The molecule has 0 amide bonds. The molecule has 0 fully saturated rings. The van der Waals surface area contributed by atoms with E-state index in [0.717, 1.165) is 14.7 Å². The first-order valence-corrected chi connectivity index (χ1v) is 12.4. The second kappa shape index (κ2) is 12.1. The van der Waals surface area contributed by atoms with Gasteiger partial charge < -0.3 is 19.7 Å². The van der Waals surface area contributed by atoms with E-state index in [1.54, 1.807) is 0 Å². The largest absolute Gasteiger partial charge is 0.491 e. The zero-order valence-corrected chi connectivity index (χ0v) is 21.9. The first-order valence-electron chi connectivity index (χ1n) is 10.8. The molecule has 34 heavy (non-hydrogen) atoms. The van der Waals surface area contributed by atoms with E-state index in [9.17, 15) is 14.6 Å². The number of nitrogens with zero attached hydrogens (tertiary/aromatic N) is 3. The van der Waals surface area contributed by atoms with E-state index in [1.807, 2.05) is 36.4 Å². The normalized spacial score (nSPS) is 13.5. The van der Waals surface area contributed by atoms with Crippen molar-refractivity contribution in [3.8, 4) is 11.5 Å². The van der Waals surface area contributed by atoms with Gasteiger partial charge in [-0.15, -0.1) is 16.7 Å². The molecule has 2 aromatic carbocycles. The van der Waals surface area contributed by atoms with Gasteiger partial charge in [-0.1, -0.05) is 37.3 Å². The molecule has 0 saturated carbocycles. The van der Waals surface area contributed by atoms with Gasteiger partial charge in [-0.3, -0.25) is 0 Å². The highest BCUT2D eigenvalue weighted by Crippen LogP contribution is 2.35. The van der Waals surface area contributed by atoms with Crippen molar-refractivity contribution in [3.05, 3.63) is 69.1 Å². The summed E-state index contributed by atoms with van der Waals surface area (Å²) in [5, 5.41) is 27.2. The van der Waals surface area contributed by atoms with Crippen molar-refractivity contribution in [2.24, 2.45) is 0 Å². The van der Waals surface area contributed by atoms with Crippen molar-refractivity contribution >= 4 is 34.2 Å². The van der Waals surface area contributed by atoms with E-state index >= 15 is 0 Å². The van der Waals surface area contributed by atoms with Gasteiger partial charge in [-0.05, 0) is 58.0 Å². The summed E-state index contributed by atoms with van der Waals surface area (Å²) in [6.45, 7) is 3.98. The van der Waals surface area contributed by atoms with Crippen LogP contribution in [0.2, 0.25) is 0 Å². The van der Waals surface area contributed by atoms with E-state index in [4.69, 9.17) is 21.1 Å². The van der Waals surface area contributed by atoms with Crippen molar-refractivity contribution in [1.82, 2.24) is 15.0 Å². The van der Waals surface area contributed by atoms with Crippen LogP contribution >= 0.6 is 34.2 Å². The maximum absolute atomic E-state index is 12.6. The number of rotatable bonds is 12. The fourth-order valence-corrected chi connectivity index (χ4v) is 4.08. The predicted octanol–water partition coefficient (Wildman–Crippen LogP) is 4.10. The summed E-state index contributed by atoms with van der Waals surface area (Å²) in [5.74, 6) is 1.47. The molecule has 2 N–H and O–H groups in total. The zero-order chi connectivity index (χ0) is 24.7. The standard InChI is InChI=1S/C24H28ClFIN3O4/c1-24(2,17-5-8-23(22(27)9-17)34-14-19(31)10-25)16-3-6-21(7-4-16)33-15-20(32)13-30-12-18(11-26)28-29-30/h3-9,12,19-20,31-32H,10-11,13-15H2,1-2H3/i26-1. The van der Waals surface area contributed by atoms with E-state index < -0.39 is 18.9 Å². The molecule has 1 heterocycles. The number of hydrogen-bond acceptors (Lipinski definition) is 6. The molecule has 0 aliphatic carbocycles. The quantitative estimate of drug-likeness (QED) is 0.240. The van der Waals surface area contributed by atoms with Gasteiger partial charge in [0.25, 0.3) is 0 Å². The monoisotopic (exact) mass is 602 g/mol. The Hall–Kier alpha value is -1.95. The Morgan fingerprint density at radius 2 is 1.74 bits per heavy atom. The highest BCUT2D eigenvalue weighted by Gasteiger charge is 2.24. The minimum atomic E-state index is -0.807. The Labute approximate surface area is 217 Å². The summed E-state index contributed by atoms with van der Waals surface area (Å²) in [5.41, 5.74) is 2.18. The number of aliphatic hydroxyl groups excluding tert-OH is 2. The van der Waals surface area contributed by atoms with Crippen molar-refractivity contribution < 1.29 is 24.1 Å². The molecule has 0 aliphatic rings. The van der Waals surface area contributed by atoms with Gasteiger partial charge in [0, 0.05) is 5.41 Å². The first-order chi connectivity index (χ1) is 16.2. The molecule has 10 heteroatoms. The van der Waals surface area contributed by atoms with E-state index in [2.05, 4.69) is 52.8 Å². The molecule has 0 aliphatic heterocycles. The SMILES string of the molecule is CC(C)(c1ccc(OCC(O)Cn2cc(C[18F])nn2)cc1)c1ccc(OCC(O)CCl)c(I)c1. The minimum Gasteiger partial charge on any atom is -0.491 e. The zero-order valence-electron chi connectivity index (χ0n) is 19.0. The van der Waals surface area contributed by atoms with Crippen LogP contribution in [0.1, 0.15) is 30.7 Å². The summed E-state index contributed by atoms with van der Waals surface area (Å²) in [4.78, 5) is 0. The lowest BCUT2D eigenvalue weighted by molar-refractivity contribution is 0.0888. The number of aliphatic hydroxyl groups is 2. The van der Waals surface area contributed by atoms with Gasteiger partial charge in [0.2, 0.25) is 0 Å². The van der Waals surface area contributed by atoms with E-state index in [0.29, 0.717) is 11.5 Å². The average molecular weight is 603 g/mol. The van der Waals surface area contributed by atoms with Crippen LogP contribution in [0.25, 0.3) is 0 Å². The summed E-state index contributed by atoms with van der Waals surface area (Å²) < 4.78 is 26.3. The average Bonchev–Trinajstić information content (AvgIpc) is 3.29. The van der Waals surface area contributed by atoms with Gasteiger partial charge >= 0.3 is 0 Å². The van der Waals surface area contributed by atoms with Crippen LogP contribution in [0.4, 0.5) is 4.39 Å². The van der Waals surface area contributed by atoms with Crippen LogP contribution < -0.4 is 9.47 Å². The Kier molecular flexibility index (Phi) is 9.52. The highest BCUT2D eigenvalue weighted by molar-refractivity contribution is 14.1. The van der Waals surface area contributed by atoms with Gasteiger partial charge in [-0.25, -0.2) is 9.07 Å². The second-order valence-electron chi connectivity index (χ2n) is 8.44. The third-order valence-electron chi connectivity index (χ3n) is 5.40. The van der Waals surface area contributed by atoms with Crippen LogP contribution in [0, 0.1) is 3.57 Å². The highest BCUT2D eigenvalue weighted by atomic mass is 127. The summed E-state index contributed by atoms with van der Waals surface area (Å²) in [6, 6.07) is 13.7. The Balaban J connectivity index is 1.59. The topological polar surface area (TPSA) is 89.6 Å². The number of hydrogen-bond donors (Lipinski definition) is 2. The fourth-order valence-electron chi connectivity index (χ4n) is 3.32. The number of halogens is 3. The third-order valence-corrected chi connectivity index (χ3v) is 6.60. The maximum atomic E-state index is 12.6. The summed E-state index contributed by atoms with van der Waals surface area (Å²) >= 11 is 7.85. The third kappa shape index (κ3) is 7.03. The van der Waals surface area contributed by atoms with Gasteiger partial charge in [0.05, 0.1) is 22.2 Å². The molecule has 0 spiro atoms. The van der Waals surface area contributed by atoms with Crippen LogP contribution in [0.5, 0.6) is 11.5 Å². The number of benzene rings is 2. The fraction of sp³-hybridized carbons (Fsp3) is 0.417. The number of alkyl halides is 2. The maximum Gasteiger partial charge on any atom is 0.135 e. The lowest BCUT2D eigenvalue weighted by atomic mass is 9.78. The van der Waals surface area contributed by atoms with Crippen molar-refractivity contribution in [2.45, 2.75) is 44.7 Å². The van der Waals surface area contributed by atoms with Crippen LogP contribution in [0.15, 0.2) is 48.7 Å². The van der Waals surface area contributed by atoms with Crippen molar-refractivity contribution in [1.29, 1.82) is 0 Å². The van der Waals surface area contributed by atoms with Crippen molar-refractivity contribution in [3.63, 3.8) is 0 Å².